The molecule has 1 aromatic heterocycles. The van der Waals surface area contributed by atoms with E-state index in [4.69, 9.17) is 9.47 Å². The topological polar surface area (TPSA) is 142 Å². The summed E-state index contributed by atoms with van der Waals surface area (Å²) < 4.78 is 11.3. The first-order chi connectivity index (χ1) is 17.0. The maximum Gasteiger partial charge on any atom is 0.328 e. The summed E-state index contributed by atoms with van der Waals surface area (Å²) in [6.07, 6.45) is 2.57. The minimum Gasteiger partial charge on any atom is -0.464 e. The Labute approximate surface area is 199 Å². The fourth-order valence-corrected chi connectivity index (χ4v) is 3.87. The molecule has 2 aromatic carbocycles. The second-order valence-electron chi connectivity index (χ2n) is 8.14. The van der Waals surface area contributed by atoms with Crippen LogP contribution >= 0.6 is 0 Å². The van der Waals surface area contributed by atoms with Crippen molar-refractivity contribution >= 4 is 23.8 Å². The molecule has 2 amide bonds. The lowest BCUT2D eigenvalue weighted by Crippen LogP contribution is -2.37. The zero-order valence-electron chi connectivity index (χ0n) is 18.5. The van der Waals surface area contributed by atoms with Gasteiger partial charge in [0.15, 0.2) is 0 Å². The van der Waals surface area contributed by atoms with Crippen LogP contribution in [0.4, 0.5) is 0 Å². The number of nitrogens with one attached hydrogen (secondary N) is 2. The molecule has 2 N–H and O–H groups in total. The monoisotopic (exact) mass is 475 g/mol. The molecular weight excluding hydrogens is 454 g/mol. The van der Waals surface area contributed by atoms with Gasteiger partial charge in [-0.15, -0.1) is 5.10 Å². The molecule has 0 bridgehead atoms. The molecule has 0 saturated carbocycles. The van der Waals surface area contributed by atoms with Crippen LogP contribution in [0.25, 0.3) is 16.9 Å². The van der Waals surface area contributed by atoms with Crippen LogP contribution in [0.2, 0.25) is 0 Å². The van der Waals surface area contributed by atoms with Gasteiger partial charge in [0.25, 0.3) is 11.8 Å². The Morgan fingerprint density at radius 2 is 1.46 bits per heavy atom. The lowest BCUT2D eigenvalue weighted by Gasteiger charge is -2.10. The summed E-state index contributed by atoms with van der Waals surface area (Å²) in [7, 11) is 0. The molecule has 2 saturated heterocycles. The van der Waals surface area contributed by atoms with Crippen LogP contribution in [0.5, 0.6) is 0 Å². The zero-order chi connectivity index (χ0) is 24.4. The van der Waals surface area contributed by atoms with E-state index in [9.17, 15) is 19.2 Å². The number of aromatic nitrogens is 3. The third kappa shape index (κ3) is 4.74. The highest BCUT2D eigenvalue weighted by Crippen LogP contribution is 2.20. The SMILES string of the molecule is O=C(N[C@H]1CCOC1=O)c1cccc(-c2cn(-c3cccc(C(=O)N[C@H]4CCOC4=O)c3)nn2)c1. The van der Waals surface area contributed by atoms with E-state index in [1.165, 1.54) is 4.68 Å². The van der Waals surface area contributed by atoms with Crippen LogP contribution in [-0.4, -0.2) is 64.0 Å². The van der Waals surface area contributed by atoms with E-state index in [1.54, 1.807) is 54.7 Å². The number of nitrogens with zero attached hydrogens (tertiary/aromatic N) is 3. The number of ether oxygens (including phenoxy) is 2. The maximum absolute atomic E-state index is 12.6. The Morgan fingerprint density at radius 1 is 0.857 bits per heavy atom. The number of hydrogen-bond donors (Lipinski definition) is 2. The molecule has 3 heterocycles. The van der Waals surface area contributed by atoms with Crippen molar-refractivity contribution in [3.63, 3.8) is 0 Å². The summed E-state index contributed by atoms with van der Waals surface area (Å²) in [6, 6.07) is 12.3. The van der Waals surface area contributed by atoms with Crippen LogP contribution in [0.1, 0.15) is 33.6 Å². The third-order valence-electron chi connectivity index (χ3n) is 5.77. The predicted molar refractivity (Wildman–Crippen MR) is 120 cm³/mol. The summed E-state index contributed by atoms with van der Waals surface area (Å²) >= 11 is 0. The van der Waals surface area contributed by atoms with Gasteiger partial charge in [0.1, 0.15) is 17.8 Å². The van der Waals surface area contributed by atoms with E-state index in [0.29, 0.717) is 54.1 Å². The van der Waals surface area contributed by atoms with Gasteiger partial charge in [-0.25, -0.2) is 14.3 Å². The molecule has 2 aliphatic heterocycles. The average Bonchev–Trinajstić information content (AvgIpc) is 3.62. The molecular formula is C24H21N5O6. The summed E-state index contributed by atoms with van der Waals surface area (Å²) in [4.78, 5) is 48.4. The van der Waals surface area contributed by atoms with Crippen molar-refractivity contribution in [1.29, 1.82) is 0 Å². The second-order valence-corrected chi connectivity index (χ2v) is 8.14. The number of rotatable bonds is 6. The van der Waals surface area contributed by atoms with Crippen molar-refractivity contribution in [3.8, 4) is 16.9 Å². The molecule has 3 aromatic rings. The molecule has 11 heteroatoms. The van der Waals surface area contributed by atoms with Gasteiger partial charge in [0, 0.05) is 29.5 Å². The lowest BCUT2D eigenvalue weighted by atomic mass is 10.1. The van der Waals surface area contributed by atoms with Crippen molar-refractivity contribution in [2.24, 2.45) is 0 Å². The summed E-state index contributed by atoms with van der Waals surface area (Å²) in [6.45, 7) is 0.588. The van der Waals surface area contributed by atoms with Crippen molar-refractivity contribution < 1.29 is 28.7 Å². The lowest BCUT2D eigenvalue weighted by molar-refractivity contribution is -0.140. The Hall–Kier alpha value is -4.54. The first-order valence-electron chi connectivity index (χ1n) is 11.1. The van der Waals surface area contributed by atoms with E-state index in [1.807, 2.05) is 0 Å². The highest BCUT2D eigenvalue weighted by Gasteiger charge is 2.29. The first kappa shape index (κ1) is 22.3. The van der Waals surface area contributed by atoms with Gasteiger partial charge >= 0.3 is 11.9 Å². The molecule has 2 atom stereocenters. The Morgan fingerprint density at radius 3 is 2.06 bits per heavy atom. The van der Waals surface area contributed by atoms with Gasteiger partial charge in [0.2, 0.25) is 0 Å². The van der Waals surface area contributed by atoms with Gasteiger partial charge in [-0.3, -0.25) is 9.59 Å². The van der Waals surface area contributed by atoms with E-state index >= 15 is 0 Å². The van der Waals surface area contributed by atoms with Crippen molar-refractivity contribution in [2.45, 2.75) is 24.9 Å². The molecule has 0 unspecified atom stereocenters. The average molecular weight is 475 g/mol. The minimum atomic E-state index is -0.645. The number of benzene rings is 2. The summed E-state index contributed by atoms with van der Waals surface area (Å²) in [5, 5.41) is 13.7. The number of hydrogen-bond acceptors (Lipinski definition) is 8. The van der Waals surface area contributed by atoms with Crippen LogP contribution < -0.4 is 10.6 Å². The standard InChI is InChI=1S/C24H21N5O6/c30-21(25-18-7-9-34-23(18)32)15-4-1-3-14(11-15)20-13-29(28-27-20)17-6-2-5-16(12-17)22(31)26-19-8-10-35-24(19)33/h1-6,11-13,18-19H,7-10H2,(H,25,30)(H,26,31)/t18-,19-/m0/s1. The van der Waals surface area contributed by atoms with Crippen LogP contribution in [0.15, 0.2) is 54.7 Å². The van der Waals surface area contributed by atoms with Crippen molar-refractivity contribution in [1.82, 2.24) is 25.6 Å². The van der Waals surface area contributed by atoms with Crippen LogP contribution in [0.3, 0.4) is 0 Å². The fraction of sp³-hybridized carbons (Fsp3) is 0.250. The summed E-state index contributed by atoms with van der Waals surface area (Å²) in [5.74, 6) is -1.64. The number of cyclic esters (lactones) is 2. The normalized spacial score (nSPS) is 19.2. The Balaban J connectivity index is 1.31. The molecule has 35 heavy (non-hydrogen) atoms. The smallest absolute Gasteiger partial charge is 0.328 e. The maximum atomic E-state index is 12.6. The van der Waals surface area contributed by atoms with Crippen molar-refractivity contribution in [3.05, 3.63) is 65.9 Å². The molecule has 0 aliphatic carbocycles. The van der Waals surface area contributed by atoms with Gasteiger partial charge < -0.3 is 20.1 Å². The minimum absolute atomic E-state index is 0.293. The third-order valence-corrected chi connectivity index (χ3v) is 5.77. The highest BCUT2D eigenvalue weighted by molar-refractivity contribution is 5.98. The fourth-order valence-electron chi connectivity index (χ4n) is 3.87. The molecule has 0 spiro atoms. The number of amides is 2. The molecule has 11 nitrogen and oxygen atoms in total. The quantitative estimate of drug-likeness (QED) is 0.504. The molecule has 178 valence electrons. The molecule has 0 radical (unpaired) electrons. The van der Waals surface area contributed by atoms with E-state index in [2.05, 4.69) is 20.9 Å². The van der Waals surface area contributed by atoms with E-state index < -0.39 is 24.0 Å². The molecule has 2 fully saturated rings. The van der Waals surface area contributed by atoms with Gasteiger partial charge in [-0.1, -0.05) is 23.4 Å². The number of esters is 2. The number of carbonyl (C=O) groups is 4. The van der Waals surface area contributed by atoms with Gasteiger partial charge in [0.05, 0.1) is 25.1 Å². The van der Waals surface area contributed by atoms with E-state index in [0.717, 1.165) is 0 Å². The first-order valence-corrected chi connectivity index (χ1v) is 11.1. The largest absolute Gasteiger partial charge is 0.464 e. The second kappa shape index (κ2) is 9.37. The van der Waals surface area contributed by atoms with Gasteiger partial charge in [-0.05, 0) is 30.3 Å². The molecule has 5 rings (SSSR count). The summed E-state index contributed by atoms with van der Waals surface area (Å²) in [5.41, 5.74) is 2.51. The Bertz CT molecular complexity index is 1220. The van der Waals surface area contributed by atoms with Crippen molar-refractivity contribution in [2.75, 3.05) is 13.2 Å². The highest BCUT2D eigenvalue weighted by atomic mass is 16.5. The van der Waals surface area contributed by atoms with Gasteiger partial charge in [-0.2, -0.15) is 0 Å². The zero-order valence-corrected chi connectivity index (χ0v) is 18.5. The van der Waals surface area contributed by atoms with E-state index in [-0.39, 0.29) is 11.8 Å². The Kier molecular flexibility index (Phi) is 5.96. The molecule has 2 aliphatic rings. The number of carbonyl (C=O) groups excluding carboxylic acids is 4. The van der Waals surface area contributed by atoms with Crippen LogP contribution in [-0.2, 0) is 19.1 Å². The van der Waals surface area contributed by atoms with Crippen LogP contribution in [0, 0.1) is 0 Å². The predicted octanol–water partition coefficient (Wildman–Crippen LogP) is 1.02.